The first-order valence-electron chi connectivity index (χ1n) is 10.2. The van der Waals surface area contributed by atoms with E-state index in [9.17, 15) is 0 Å². The highest BCUT2D eigenvalue weighted by Crippen LogP contribution is 2.41. The van der Waals surface area contributed by atoms with E-state index in [0.717, 1.165) is 30.0 Å². The maximum Gasteiger partial charge on any atom is 0.230 e. The number of aryl methyl sites for hydroxylation is 1. The Labute approximate surface area is 175 Å². The topological polar surface area (TPSA) is 131 Å². The van der Waals surface area contributed by atoms with E-state index in [1.54, 1.807) is 0 Å². The van der Waals surface area contributed by atoms with Gasteiger partial charge in [0.2, 0.25) is 11.8 Å². The van der Waals surface area contributed by atoms with Crippen LogP contribution in [0, 0.1) is 0 Å². The van der Waals surface area contributed by atoms with Crippen LogP contribution in [0.2, 0.25) is 0 Å². The van der Waals surface area contributed by atoms with Gasteiger partial charge in [-0.05, 0) is 39.4 Å². The van der Waals surface area contributed by atoms with Crippen molar-refractivity contribution in [2.45, 2.75) is 38.6 Å². The Morgan fingerprint density at radius 2 is 2.13 bits per heavy atom. The van der Waals surface area contributed by atoms with Crippen molar-refractivity contribution >= 4 is 11.8 Å². The van der Waals surface area contributed by atoms with Crippen molar-refractivity contribution in [2.24, 2.45) is 0 Å². The summed E-state index contributed by atoms with van der Waals surface area (Å²) in [6.07, 6.45) is 3.16. The van der Waals surface area contributed by atoms with Gasteiger partial charge in [-0.3, -0.25) is 5.10 Å². The van der Waals surface area contributed by atoms with Crippen LogP contribution in [0.25, 0.3) is 11.3 Å². The van der Waals surface area contributed by atoms with Crippen LogP contribution in [-0.2, 0) is 13.0 Å². The third-order valence-corrected chi connectivity index (χ3v) is 4.93. The number of aromatic nitrogens is 5. The van der Waals surface area contributed by atoms with Crippen LogP contribution in [0.15, 0.2) is 16.7 Å². The van der Waals surface area contributed by atoms with E-state index in [2.05, 4.69) is 30.6 Å². The normalized spacial score (nSPS) is 13.7. The number of ether oxygens (including phenoxy) is 1. The Kier molecular flexibility index (Phi) is 5.84. The van der Waals surface area contributed by atoms with Crippen LogP contribution in [0.4, 0.5) is 11.8 Å². The van der Waals surface area contributed by atoms with Gasteiger partial charge in [0.1, 0.15) is 18.0 Å². The number of nitrogens with two attached hydrogens (primary N) is 1. The molecule has 0 bridgehead atoms. The Morgan fingerprint density at radius 3 is 2.83 bits per heavy atom. The summed E-state index contributed by atoms with van der Waals surface area (Å²) in [5, 5.41) is 14.6. The number of likely N-dealkylation sites (N-methyl/N-ethyl adjacent to an activating group) is 1. The second-order valence-corrected chi connectivity index (χ2v) is 7.74. The first kappa shape index (κ1) is 20.1. The summed E-state index contributed by atoms with van der Waals surface area (Å²) in [5.41, 5.74) is 9.66. The van der Waals surface area contributed by atoms with Crippen LogP contribution in [0.1, 0.15) is 42.8 Å². The summed E-state index contributed by atoms with van der Waals surface area (Å²) in [5.74, 6) is 2.35. The molecule has 0 radical (unpaired) electrons. The number of hydrogen-bond acceptors (Lipinski definition) is 9. The van der Waals surface area contributed by atoms with Gasteiger partial charge in [-0.25, -0.2) is 0 Å². The lowest BCUT2D eigenvalue weighted by Gasteiger charge is -2.15. The molecule has 0 unspecified atom stereocenters. The van der Waals surface area contributed by atoms with Gasteiger partial charge in [0.05, 0.1) is 23.6 Å². The smallest absolute Gasteiger partial charge is 0.230 e. The van der Waals surface area contributed by atoms with Gasteiger partial charge in [0.15, 0.2) is 5.76 Å². The summed E-state index contributed by atoms with van der Waals surface area (Å²) in [6, 6.07) is 3.92. The van der Waals surface area contributed by atoms with Gasteiger partial charge in [0.25, 0.3) is 0 Å². The molecule has 1 aliphatic rings. The SMILES string of the molecule is CCc1cc(CNc2nc(N)c(-c3cc(C4CC4)n[nH]3)c(OCCN(C)C)n2)on1. The molecule has 3 heterocycles. The number of aromatic amines is 1. The van der Waals surface area contributed by atoms with E-state index in [4.69, 9.17) is 15.0 Å². The zero-order valence-corrected chi connectivity index (χ0v) is 17.6. The number of H-pyrrole nitrogens is 1. The third-order valence-electron chi connectivity index (χ3n) is 4.93. The zero-order valence-electron chi connectivity index (χ0n) is 17.6. The molecule has 0 amide bonds. The van der Waals surface area contributed by atoms with Crippen LogP contribution in [0.3, 0.4) is 0 Å². The van der Waals surface area contributed by atoms with E-state index in [1.807, 2.05) is 38.1 Å². The second kappa shape index (κ2) is 8.70. The summed E-state index contributed by atoms with van der Waals surface area (Å²) < 4.78 is 11.3. The standard InChI is InChI=1S/C20H28N8O2/c1-4-13-9-14(30-27-13)11-22-20-23-18(21)17(19(24-20)29-8-7-28(2)3)16-10-15(25-26-16)12-5-6-12/h9-10,12H,4-8,11H2,1-3H3,(H,25,26)(H3,21,22,23,24). The van der Waals surface area contributed by atoms with Crippen molar-refractivity contribution in [2.75, 3.05) is 38.3 Å². The number of hydrogen-bond donors (Lipinski definition) is 3. The van der Waals surface area contributed by atoms with Crippen molar-refractivity contribution in [1.29, 1.82) is 0 Å². The zero-order chi connectivity index (χ0) is 21.1. The fourth-order valence-corrected chi connectivity index (χ4v) is 3.04. The molecule has 160 valence electrons. The summed E-state index contributed by atoms with van der Waals surface area (Å²) in [6.45, 7) is 3.65. The van der Waals surface area contributed by atoms with Crippen molar-refractivity contribution in [3.8, 4) is 17.1 Å². The summed E-state index contributed by atoms with van der Waals surface area (Å²) in [7, 11) is 3.98. The van der Waals surface area contributed by atoms with E-state index < -0.39 is 0 Å². The van der Waals surface area contributed by atoms with Gasteiger partial charge in [-0.2, -0.15) is 15.1 Å². The maximum atomic E-state index is 6.32. The fourth-order valence-electron chi connectivity index (χ4n) is 3.04. The van der Waals surface area contributed by atoms with Crippen molar-refractivity contribution < 1.29 is 9.26 Å². The average molecular weight is 412 g/mol. The first-order valence-corrected chi connectivity index (χ1v) is 10.2. The monoisotopic (exact) mass is 412 g/mol. The molecule has 0 aromatic carbocycles. The Bertz CT molecular complexity index is 993. The summed E-state index contributed by atoms with van der Waals surface area (Å²) >= 11 is 0. The molecule has 1 fully saturated rings. The van der Waals surface area contributed by atoms with Gasteiger partial charge in [-0.1, -0.05) is 12.1 Å². The summed E-state index contributed by atoms with van der Waals surface area (Å²) in [4.78, 5) is 11.0. The molecule has 4 rings (SSSR count). The molecule has 0 saturated heterocycles. The van der Waals surface area contributed by atoms with Crippen molar-refractivity contribution in [3.05, 3.63) is 29.3 Å². The van der Waals surface area contributed by atoms with Crippen LogP contribution in [0.5, 0.6) is 5.88 Å². The van der Waals surface area contributed by atoms with E-state index >= 15 is 0 Å². The van der Waals surface area contributed by atoms with Crippen LogP contribution in [-0.4, -0.2) is 57.5 Å². The average Bonchev–Trinajstić information content (AvgIpc) is 3.27. The molecule has 10 heteroatoms. The largest absolute Gasteiger partial charge is 0.476 e. The molecule has 3 aromatic heterocycles. The highest BCUT2D eigenvalue weighted by atomic mass is 16.5. The molecule has 1 aliphatic carbocycles. The van der Waals surface area contributed by atoms with Crippen LogP contribution >= 0.6 is 0 Å². The molecule has 10 nitrogen and oxygen atoms in total. The minimum Gasteiger partial charge on any atom is -0.476 e. The van der Waals surface area contributed by atoms with Gasteiger partial charge < -0.3 is 25.2 Å². The number of rotatable bonds is 10. The highest BCUT2D eigenvalue weighted by molar-refractivity contribution is 5.77. The van der Waals surface area contributed by atoms with Gasteiger partial charge >= 0.3 is 0 Å². The van der Waals surface area contributed by atoms with Gasteiger partial charge in [0, 0.05) is 18.5 Å². The minimum absolute atomic E-state index is 0.324. The molecule has 30 heavy (non-hydrogen) atoms. The lowest BCUT2D eigenvalue weighted by molar-refractivity contribution is 0.255. The third kappa shape index (κ3) is 4.70. The highest BCUT2D eigenvalue weighted by Gasteiger charge is 2.27. The predicted molar refractivity (Wildman–Crippen MR) is 113 cm³/mol. The maximum absolute atomic E-state index is 6.32. The Balaban J connectivity index is 1.57. The molecule has 3 aromatic rings. The number of anilines is 2. The molecule has 4 N–H and O–H groups in total. The van der Waals surface area contributed by atoms with Crippen molar-refractivity contribution in [3.63, 3.8) is 0 Å². The predicted octanol–water partition coefficient (Wildman–Crippen LogP) is 2.43. The van der Waals surface area contributed by atoms with E-state index in [0.29, 0.717) is 48.0 Å². The quantitative estimate of drug-likeness (QED) is 0.459. The second-order valence-electron chi connectivity index (χ2n) is 7.74. The molecule has 1 saturated carbocycles. The minimum atomic E-state index is 0.324. The fraction of sp³-hybridized carbons (Fsp3) is 0.500. The number of nitrogens with zero attached hydrogens (tertiary/aromatic N) is 5. The van der Waals surface area contributed by atoms with Gasteiger partial charge in [-0.15, -0.1) is 0 Å². The molecule has 0 spiro atoms. The number of nitrogen functional groups attached to an aromatic ring is 1. The Morgan fingerprint density at radius 1 is 1.30 bits per heavy atom. The van der Waals surface area contributed by atoms with E-state index in [-0.39, 0.29) is 0 Å². The number of nitrogens with one attached hydrogen (secondary N) is 2. The molecular formula is C20H28N8O2. The Hall–Kier alpha value is -3.14. The first-order chi connectivity index (χ1) is 14.5. The lowest BCUT2D eigenvalue weighted by Crippen LogP contribution is -2.20. The molecule has 0 aliphatic heterocycles. The van der Waals surface area contributed by atoms with Crippen molar-refractivity contribution in [1.82, 2.24) is 30.2 Å². The molecule has 0 atom stereocenters. The van der Waals surface area contributed by atoms with Crippen LogP contribution < -0.4 is 15.8 Å². The lowest BCUT2D eigenvalue weighted by atomic mass is 10.2. The van der Waals surface area contributed by atoms with E-state index in [1.165, 1.54) is 12.8 Å². The molecular weight excluding hydrogens is 384 g/mol.